The molecule has 4 heteroatoms. The minimum absolute atomic E-state index is 0.310. The first-order valence-corrected chi connectivity index (χ1v) is 7.89. The molecule has 0 unspecified atom stereocenters. The lowest BCUT2D eigenvalue weighted by Crippen LogP contribution is -2.24. The predicted octanol–water partition coefficient (Wildman–Crippen LogP) is 4.10. The second kappa shape index (κ2) is 7.62. The van der Waals surface area contributed by atoms with Crippen molar-refractivity contribution in [3.63, 3.8) is 0 Å². The Labute approximate surface area is 141 Å². The van der Waals surface area contributed by atoms with E-state index >= 15 is 0 Å². The van der Waals surface area contributed by atoms with Gasteiger partial charge in [0.25, 0.3) is 5.91 Å². The number of amides is 1. The van der Waals surface area contributed by atoms with Crippen molar-refractivity contribution in [3.05, 3.63) is 77.9 Å². The summed E-state index contributed by atoms with van der Waals surface area (Å²) in [5.41, 5.74) is 3.94. The number of benzene rings is 3. The van der Waals surface area contributed by atoms with E-state index in [1.807, 2.05) is 73.7 Å². The molecule has 0 spiro atoms. The van der Waals surface area contributed by atoms with Crippen LogP contribution in [0, 0.1) is 0 Å². The van der Waals surface area contributed by atoms with Gasteiger partial charge >= 0.3 is 0 Å². The molecule has 0 saturated heterocycles. The fraction of sp³-hybridized carbons (Fsp3) is 0.150. The maximum Gasteiger partial charge on any atom is 0.278 e. The van der Waals surface area contributed by atoms with Crippen LogP contribution in [0.1, 0.15) is 22.8 Å². The fourth-order valence-corrected chi connectivity index (χ4v) is 2.49. The summed E-state index contributed by atoms with van der Waals surface area (Å²) in [5.74, 6) is 0.233. The minimum atomic E-state index is -0.319. The number of hydrogen-bond donors (Lipinski definition) is 1. The van der Waals surface area contributed by atoms with Crippen LogP contribution in [0.5, 0.6) is 5.75 Å². The molecule has 0 fully saturated rings. The van der Waals surface area contributed by atoms with Crippen molar-refractivity contribution in [2.45, 2.75) is 13.5 Å². The average Bonchev–Trinajstić information content (AvgIpc) is 2.62. The van der Waals surface area contributed by atoms with E-state index < -0.39 is 0 Å². The minimum Gasteiger partial charge on any atom is -0.493 e. The number of carbonyl (C=O) groups is 1. The Bertz CT molecular complexity index is 831. The van der Waals surface area contributed by atoms with E-state index in [1.54, 1.807) is 0 Å². The first-order chi connectivity index (χ1) is 11.8. The molecule has 1 N–H and O–H groups in total. The summed E-state index contributed by atoms with van der Waals surface area (Å²) in [4.78, 5) is 17.8. The van der Waals surface area contributed by atoms with Gasteiger partial charge in [0, 0.05) is 0 Å². The molecule has 0 aromatic heterocycles. The van der Waals surface area contributed by atoms with Crippen LogP contribution in [0.4, 0.5) is 0 Å². The molecule has 0 aliphatic rings. The first kappa shape index (κ1) is 16.0. The average molecular weight is 321 g/mol. The molecule has 0 bridgehead atoms. The zero-order valence-electron chi connectivity index (χ0n) is 13.5. The third-order valence-corrected chi connectivity index (χ3v) is 3.64. The highest BCUT2D eigenvalue weighted by Gasteiger charge is 2.14. The van der Waals surface area contributed by atoms with Gasteiger partial charge in [-0.15, -0.1) is 0 Å². The summed E-state index contributed by atoms with van der Waals surface area (Å²) in [6, 6.07) is 21.2. The summed E-state index contributed by atoms with van der Waals surface area (Å²) >= 11 is 0. The van der Waals surface area contributed by atoms with Crippen LogP contribution in [-0.4, -0.2) is 12.5 Å². The molecule has 0 radical (unpaired) electrons. The molecule has 0 aliphatic heterocycles. The molecule has 24 heavy (non-hydrogen) atoms. The highest BCUT2D eigenvalue weighted by atomic mass is 16.6. The Balaban J connectivity index is 1.76. The Morgan fingerprint density at radius 1 is 0.958 bits per heavy atom. The van der Waals surface area contributed by atoms with Crippen LogP contribution in [-0.2, 0) is 11.4 Å². The van der Waals surface area contributed by atoms with E-state index in [1.165, 1.54) is 0 Å². The molecule has 0 heterocycles. The monoisotopic (exact) mass is 321 g/mol. The second-order valence-corrected chi connectivity index (χ2v) is 5.33. The number of fused-ring (bicyclic) bond motifs is 1. The van der Waals surface area contributed by atoms with Crippen LogP contribution in [0.3, 0.4) is 0 Å². The van der Waals surface area contributed by atoms with Crippen molar-refractivity contribution in [2.24, 2.45) is 0 Å². The molecular formula is C20H19NO3. The van der Waals surface area contributed by atoms with Gasteiger partial charge in [-0.3, -0.25) is 9.63 Å². The molecule has 1 amide bonds. The van der Waals surface area contributed by atoms with Gasteiger partial charge in [0.2, 0.25) is 0 Å². The van der Waals surface area contributed by atoms with E-state index in [0.717, 1.165) is 16.3 Å². The maximum atomic E-state index is 12.5. The van der Waals surface area contributed by atoms with Crippen molar-refractivity contribution >= 4 is 16.7 Å². The molecular weight excluding hydrogens is 302 g/mol. The number of hydroxylamine groups is 1. The van der Waals surface area contributed by atoms with Gasteiger partial charge in [-0.25, -0.2) is 5.48 Å². The van der Waals surface area contributed by atoms with Gasteiger partial charge in [0.1, 0.15) is 5.75 Å². The lowest BCUT2D eigenvalue weighted by Gasteiger charge is -2.12. The van der Waals surface area contributed by atoms with E-state index in [2.05, 4.69) is 5.48 Å². The summed E-state index contributed by atoms with van der Waals surface area (Å²) in [5, 5.41) is 2.01. The predicted molar refractivity (Wildman–Crippen MR) is 93.8 cm³/mol. The normalized spacial score (nSPS) is 10.5. The third kappa shape index (κ3) is 3.73. The Morgan fingerprint density at radius 3 is 2.33 bits per heavy atom. The highest BCUT2D eigenvalue weighted by Crippen LogP contribution is 2.26. The topological polar surface area (TPSA) is 47.6 Å². The molecule has 4 nitrogen and oxygen atoms in total. The molecule has 0 aliphatic carbocycles. The molecule has 122 valence electrons. The van der Waals surface area contributed by atoms with Crippen LogP contribution in [0.2, 0.25) is 0 Å². The second-order valence-electron chi connectivity index (χ2n) is 5.33. The quantitative estimate of drug-likeness (QED) is 0.695. The van der Waals surface area contributed by atoms with Gasteiger partial charge in [0.15, 0.2) is 0 Å². The standard InChI is InChI=1S/C20H19NO3/c1-2-23-19-13-17-11-7-6-10-16(17)12-18(19)20(22)21-24-14-15-8-4-3-5-9-15/h3-13H,2,14H2,1H3,(H,21,22). The Kier molecular flexibility index (Phi) is 5.08. The lowest BCUT2D eigenvalue weighted by atomic mass is 10.1. The Hall–Kier alpha value is -2.85. The molecule has 0 saturated carbocycles. The van der Waals surface area contributed by atoms with Crippen LogP contribution >= 0.6 is 0 Å². The highest BCUT2D eigenvalue weighted by molar-refractivity contribution is 6.01. The molecule has 3 rings (SSSR count). The molecule has 3 aromatic rings. The maximum absolute atomic E-state index is 12.5. The number of ether oxygens (including phenoxy) is 1. The zero-order chi connectivity index (χ0) is 16.8. The van der Waals surface area contributed by atoms with E-state index in [0.29, 0.717) is 24.5 Å². The third-order valence-electron chi connectivity index (χ3n) is 3.64. The fourth-order valence-electron chi connectivity index (χ4n) is 2.49. The molecule has 0 atom stereocenters. The summed E-state index contributed by atoms with van der Waals surface area (Å²) in [6.07, 6.45) is 0. The Morgan fingerprint density at radius 2 is 1.62 bits per heavy atom. The van der Waals surface area contributed by atoms with Crippen molar-refractivity contribution in [1.82, 2.24) is 5.48 Å². The van der Waals surface area contributed by atoms with Crippen molar-refractivity contribution in [1.29, 1.82) is 0 Å². The number of rotatable bonds is 6. The zero-order valence-corrected chi connectivity index (χ0v) is 13.5. The molecule has 3 aromatic carbocycles. The van der Waals surface area contributed by atoms with Gasteiger partial charge < -0.3 is 4.74 Å². The smallest absolute Gasteiger partial charge is 0.278 e. The van der Waals surface area contributed by atoms with E-state index in [-0.39, 0.29) is 5.91 Å². The van der Waals surface area contributed by atoms with Gasteiger partial charge in [-0.05, 0) is 35.4 Å². The van der Waals surface area contributed by atoms with Gasteiger partial charge in [-0.2, -0.15) is 0 Å². The van der Waals surface area contributed by atoms with Crippen LogP contribution in [0.25, 0.3) is 10.8 Å². The van der Waals surface area contributed by atoms with E-state index in [9.17, 15) is 4.79 Å². The largest absolute Gasteiger partial charge is 0.493 e. The summed E-state index contributed by atoms with van der Waals surface area (Å²) in [6.45, 7) is 2.69. The van der Waals surface area contributed by atoms with Crippen LogP contribution in [0.15, 0.2) is 66.7 Å². The van der Waals surface area contributed by atoms with Gasteiger partial charge in [0.05, 0.1) is 18.8 Å². The lowest BCUT2D eigenvalue weighted by molar-refractivity contribution is 0.0231. The van der Waals surface area contributed by atoms with Crippen molar-refractivity contribution in [3.8, 4) is 5.75 Å². The number of carbonyl (C=O) groups excluding carboxylic acids is 1. The summed E-state index contributed by atoms with van der Waals surface area (Å²) in [7, 11) is 0. The van der Waals surface area contributed by atoms with Crippen molar-refractivity contribution in [2.75, 3.05) is 6.61 Å². The summed E-state index contributed by atoms with van der Waals surface area (Å²) < 4.78 is 5.61. The SMILES string of the molecule is CCOc1cc2ccccc2cc1C(=O)NOCc1ccccc1. The van der Waals surface area contributed by atoms with Crippen LogP contribution < -0.4 is 10.2 Å². The van der Waals surface area contributed by atoms with Crippen molar-refractivity contribution < 1.29 is 14.4 Å². The number of nitrogens with one attached hydrogen (secondary N) is 1. The number of hydrogen-bond acceptors (Lipinski definition) is 3. The van der Waals surface area contributed by atoms with Gasteiger partial charge in [-0.1, -0.05) is 54.6 Å². The van der Waals surface area contributed by atoms with E-state index in [4.69, 9.17) is 9.57 Å². The first-order valence-electron chi connectivity index (χ1n) is 7.89.